The molecule has 2 heterocycles. The summed E-state index contributed by atoms with van der Waals surface area (Å²) in [6.07, 6.45) is 5.50. The van der Waals surface area contributed by atoms with Crippen LogP contribution in [0, 0.1) is 0 Å². The van der Waals surface area contributed by atoms with Crippen LogP contribution < -0.4 is 0 Å². The van der Waals surface area contributed by atoms with Crippen molar-refractivity contribution in [2.24, 2.45) is 0 Å². The number of hydrogen-bond donors (Lipinski definition) is 0. The maximum absolute atomic E-state index is 12.6. The van der Waals surface area contributed by atoms with E-state index in [-0.39, 0.29) is 17.6 Å². The summed E-state index contributed by atoms with van der Waals surface area (Å²) in [6.45, 7) is 1.93. The number of halogens is 1. The average molecular weight is 352 g/mol. The molecule has 114 valence electrons. The third-order valence-corrected chi connectivity index (χ3v) is 5.71. The average Bonchev–Trinajstić information content (AvgIpc) is 2.66. The monoisotopic (exact) mass is 351 g/mol. The lowest BCUT2D eigenvalue weighted by molar-refractivity contribution is -0.186. The predicted octanol–water partition coefficient (Wildman–Crippen LogP) is 4.07. The van der Waals surface area contributed by atoms with Crippen LogP contribution in [0.5, 0.6) is 0 Å². The van der Waals surface area contributed by atoms with Gasteiger partial charge in [-0.1, -0.05) is 28.1 Å². The molecule has 1 unspecified atom stereocenters. The van der Waals surface area contributed by atoms with Gasteiger partial charge in [-0.25, -0.2) is 0 Å². The van der Waals surface area contributed by atoms with E-state index < -0.39 is 0 Å². The van der Waals surface area contributed by atoms with Crippen LogP contribution in [0.4, 0.5) is 0 Å². The van der Waals surface area contributed by atoms with Crippen molar-refractivity contribution < 1.29 is 9.53 Å². The maximum Gasteiger partial charge on any atom is 0.314 e. The Morgan fingerprint density at radius 3 is 2.76 bits per heavy atom. The summed E-state index contributed by atoms with van der Waals surface area (Å²) in [4.78, 5) is 14.9. The number of carbonyl (C=O) groups is 1. The highest BCUT2D eigenvalue weighted by molar-refractivity contribution is 9.10. The van der Waals surface area contributed by atoms with Crippen LogP contribution in [0.3, 0.4) is 0 Å². The van der Waals surface area contributed by atoms with Crippen LogP contribution in [0.15, 0.2) is 28.7 Å². The quantitative estimate of drug-likeness (QED) is 0.768. The first-order chi connectivity index (χ1) is 10.0. The Hall–Kier alpha value is -0.870. The molecule has 0 aliphatic carbocycles. The Morgan fingerprint density at radius 2 is 2.05 bits per heavy atom. The molecule has 0 radical (unpaired) electrons. The first-order valence-electron chi connectivity index (χ1n) is 7.73. The van der Waals surface area contributed by atoms with E-state index in [0.29, 0.717) is 6.04 Å². The van der Waals surface area contributed by atoms with E-state index >= 15 is 0 Å². The lowest BCUT2D eigenvalue weighted by atomic mass is 9.98. The summed E-state index contributed by atoms with van der Waals surface area (Å²) in [5.74, 6) is -0.325. The number of benzene rings is 1. The molecular formula is C17H22BrNO2. The molecule has 21 heavy (non-hydrogen) atoms. The molecule has 4 heteroatoms. The minimum atomic E-state index is -0.344. The number of esters is 1. The minimum Gasteiger partial charge on any atom is -0.443 e. The fourth-order valence-electron chi connectivity index (χ4n) is 3.69. The van der Waals surface area contributed by atoms with E-state index in [1.165, 1.54) is 6.42 Å². The fraction of sp³-hybridized carbons (Fsp3) is 0.588. The summed E-state index contributed by atoms with van der Waals surface area (Å²) in [5.41, 5.74) is 0.663. The molecule has 2 aliphatic rings. The second-order valence-electron chi connectivity index (χ2n) is 6.34. The van der Waals surface area contributed by atoms with Crippen LogP contribution in [0.25, 0.3) is 0 Å². The van der Waals surface area contributed by atoms with Crippen molar-refractivity contribution in [3.05, 3.63) is 34.3 Å². The third-order valence-electron chi connectivity index (χ3n) is 5.18. The zero-order valence-corrected chi connectivity index (χ0v) is 14.2. The van der Waals surface area contributed by atoms with Crippen molar-refractivity contribution in [3.8, 4) is 0 Å². The Bertz CT molecular complexity index is 526. The zero-order valence-electron chi connectivity index (χ0n) is 12.6. The van der Waals surface area contributed by atoms with Gasteiger partial charge in [0.05, 0.1) is 5.92 Å². The van der Waals surface area contributed by atoms with Gasteiger partial charge in [-0.3, -0.25) is 9.69 Å². The first-order valence-corrected chi connectivity index (χ1v) is 8.52. The lowest BCUT2D eigenvalue weighted by Gasteiger charge is -2.42. The number of carbonyl (C=O) groups excluding carboxylic acids is 1. The normalized spacial score (nSPS) is 30.1. The number of nitrogens with zero attached hydrogens (tertiary/aromatic N) is 1. The number of fused-ring (bicyclic) bond motifs is 2. The highest BCUT2D eigenvalue weighted by Crippen LogP contribution is 2.44. The number of piperidine rings is 1. The van der Waals surface area contributed by atoms with E-state index in [0.717, 1.165) is 35.7 Å². The van der Waals surface area contributed by atoms with E-state index in [4.69, 9.17) is 4.74 Å². The number of hydrogen-bond acceptors (Lipinski definition) is 3. The van der Waals surface area contributed by atoms with Gasteiger partial charge in [0.1, 0.15) is 0 Å². The molecule has 3 nitrogen and oxygen atoms in total. The molecule has 1 aromatic carbocycles. The highest BCUT2D eigenvalue weighted by Gasteiger charge is 2.50. The van der Waals surface area contributed by atoms with E-state index in [2.05, 4.69) is 27.9 Å². The first kappa shape index (κ1) is 15.0. The standard InChI is InChI=1S/C17H22BrNO2/c1-12(13-5-7-14(18)8-6-13)16(20)21-17-10-3-4-15(9-11-17)19(17)2/h5-8,12,15H,3-4,9-11H2,1-2H3/t12?,15-,17-/m1/s1. The molecule has 2 fully saturated rings. The molecule has 0 spiro atoms. The molecular weight excluding hydrogens is 330 g/mol. The second kappa shape index (κ2) is 5.73. The topological polar surface area (TPSA) is 29.5 Å². The highest BCUT2D eigenvalue weighted by atomic mass is 79.9. The molecule has 1 aromatic rings. The van der Waals surface area contributed by atoms with Gasteiger partial charge in [0.2, 0.25) is 0 Å². The smallest absolute Gasteiger partial charge is 0.314 e. The predicted molar refractivity (Wildman–Crippen MR) is 86.0 cm³/mol. The number of ether oxygens (including phenoxy) is 1. The zero-order chi connectivity index (χ0) is 15.0. The summed E-state index contributed by atoms with van der Waals surface area (Å²) < 4.78 is 7.03. The lowest BCUT2D eigenvalue weighted by Crippen LogP contribution is -2.51. The largest absolute Gasteiger partial charge is 0.443 e. The Balaban J connectivity index is 1.72. The molecule has 2 aliphatic heterocycles. The SMILES string of the molecule is CC(C(=O)O[C@]12CCC[C@H](CC1)N2C)c1ccc(Br)cc1. The van der Waals surface area contributed by atoms with Crippen molar-refractivity contribution in [1.29, 1.82) is 0 Å². The van der Waals surface area contributed by atoms with Gasteiger partial charge in [0.25, 0.3) is 0 Å². The molecule has 3 rings (SSSR count). The molecule has 2 saturated heterocycles. The minimum absolute atomic E-state index is 0.105. The van der Waals surface area contributed by atoms with Crippen molar-refractivity contribution in [2.75, 3.05) is 7.05 Å². The van der Waals surface area contributed by atoms with Crippen LogP contribution in [0.2, 0.25) is 0 Å². The van der Waals surface area contributed by atoms with Crippen molar-refractivity contribution in [3.63, 3.8) is 0 Å². The molecule has 0 aromatic heterocycles. The summed E-state index contributed by atoms with van der Waals surface area (Å²) >= 11 is 3.42. The second-order valence-corrected chi connectivity index (χ2v) is 7.25. The third kappa shape index (κ3) is 2.76. The van der Waals surface area contributed by atoms with Crippen LogP contribution >= 0.6 is 15.9 Å². The Labute approximate surface area is 134 Å². The van der Waals surface area contributed by atoms with Gasteiger partial charge >= 0.3 is 5.97 Å². The summed E-state index contributed by atoms with van der Waals surface area (Å²) in [5, 5.41) is 0. The van der Waals surface area contributed by atoms with Gasteiger partial charge in [0, 0.05) is 23.4 Å². The fourth-order valence-corrected chi connectivity index (χ4v) is 3.95. The molecule has 0 N–H and O–H groups in total. The van der Waals surface area contributed by atoms with Gasteiger partial charge in [-0.05, 0) is 50.9 Å². The van der Waals surface area contributed by atoms with E-state index in [1.54, 1.807) is 0 Å². The Morgan fingerprint density at radius 1 is 1.33 bits per heavy atom. The number of rotatable bonds is 3. The molecule has 3 atom stereocenters. The van der Waals surface area contributed by atoms with Gasteiger partial charge in [-0.2, -0.15) is 0 Å². The van der Waals surface area contributed by atoms with E-state index in [9.17, 15) is 4.79 Å². The van der Waals surface area contributed by atoms with Crippen molar-refractivity contribution in [2.45, 2.75) is 56.7 Å². The van der Waals surface area contributed by atoms with Gasteiger partial charge in [0.15, 0.2) is 5.72 Å². The molecule has 2 bridgehead atoms. The molecule has 0 amide bonds. The summed E-state index contributed by atoms with van der Waals surface area (Å²) in [6, 6.07) is 8.49. The summed E-state index contributed by atoms with van der Waals surface area (Å²) in [7, 11) is 2.11. The van der Waals surface area contributed by atoms with Gasteiger partial charge < -0.3 is 4.74 Å². The van der Waals surface area contributed by atoms with Crippen LogP contribution in [-0.2, 0) is 9.53 Å². The van der Waals surface area contributed by atoms with Crippen LogP contribution in [-0.4, -0.2) is 29.7 Å². The molecule has 0 saturated carbocycles. The maximum atomic E-state index is 12.6. The van der Waals surface area contributed by atoms with Crippen LogP contribution in [0.1, 0.15) is 50.5 Å². The van der Waals surface area contributed by atoms with Crippen molar-refractivity contribution in [1.82, 2.24) is 4.90 Å². The van der Waals surface area contributed by atoms with E-state index in [1.807, 2.05) is 31.2 Å². The Kier molecular flexibility index (Phi) is 4.10. The van der Waals surface area contributed by atoms with Gasteiger partial charge in [-0.15, -0.1) is 0 Å². The van der Waals surface area contributed by atoms with Crippen molar-refractivity contribution >= 4 is 21.9 Å².